The molecule has 0 saturated heterocycles. The van der Waals surface area contributed by atoms with Gasteiger partial charge in [-0.15, -0.1) is 0 Å². The minimum atomic E-state index is 0.563. The Hall–Kier alpha value is -1.37. The van der Waals surface area contributed by atoms with E-state index in [1.807, 2.05) is 43.3 Å². The maximum Gasteiger partial charge on any atom is 0.0608 e. The zero-order valence-corrected chi connectivity index (χ0v) is 6.54. The first kappa shape index (κ1) is 7.73. The quantitative estimate of drug-likeness (QED) is 0.618. The Balaban J connectivity index is 2.86. The van der Waals surface area contributed by atoms with E-state index >= 15 is 0 Å². The summed E-state index contributed by atoms with van der Waals surface area (Å²) in [5, 5.41) is 7.54. The molecule has 0 fully saturated rings. The summed E-state index contributed by atoms with van der Waals surface area (Å²) in [6.07, 6.45) is 3.66. The van der Waals surface area contributed by atoms with Crippen molar-refractivity contribution >= 4 is 5.71 Å². The van der Waals surface area contributed by atoms with E-state index in [0.717, 1.165) is 5.56 Å². The summed E-state index contributed by atoms with van der Waals surface area (Å²) < 4.78 is 0. The average Bonchev–Trinajstić information content (AvgIpc) is 2.07. The number of hydrogen-bond donors (Lipinski definition) is 1. The lowest BCUT2D eigenvalue weighted by molar-refractivity contribution is 1.49. The zero-order chi connectivity index (χ0) is 8.10. The van der Waals surface area contributed by atoms with Crippen LogP contribution in [0.4, 0.5) is 0 Å². The molecule has 0 saturated carbocycles. The van der Waals surface area contributed by atoms with E-state index in [0.29, 0.717) is 5.71 Å². The highest BCUT2D eigenvalue weighted by Crippen LogP contribution is 1.99. The fourth-order valence-corrected chi connectivity index (χ4v) is 0.881. The molecule has 56 valence electrons. The number of nitrogens with one attached hydrogen (secondary N) is 1. The van der Waals surface area contributed by atoms with Crippen molar-refractivity contribution in [3.8, 4) is 0 Å². The van der Waals surface area contributed by atoms with Crippen LogP contribution >= 0.6 is 0 Å². The molecule has 0 aliphatic carbocycles. The van der Waals surface area contributed by atoms with Crippen LogP contribution in [0.15, 0.2) is 42.5 Å². The van der Waals surface area contributed by atoms with Gasteiger partial charge in [0.15, 0.2) is 0 Å². The lowest BCUT2D eigenvalue weighted by Gasteiger charge is -1.95. The molecule has 1 aromatic rings. The molecule has 0 unspecified atom stereocenters. The minimum Gasteiger partial charge on any atom is -0.300 e. The van der Waals surface area contributed by atoms with E-state index in [-0.39, 0.29) is 0 Å². The summed E-state index contributed by atoms with van der Waals surface area (Å²) in [5.74, 6) is 0. The molecule has 0 aliphatic heterocycles. The highest BCUT2D eigenvalue weighted by molar-refractivity contribution is 6.06. The molecule has 0 aliphatic rings. The Bertz CT molecular complexity index is 259. The molecule has 0 atom stereocenters. The Labute approximate surface area is 66.9 Å². The fraction of sp³-hybridized carbons (Fsp3) is 0.100. The van der Waals surface area contributed by atoms with Crippen LogP contribution in [0.2, 0.25) is 0 Å². The molecule has 0 spiro atoms. The molecule has 1 aromatic carbocycles. The van der Waals surface area contributed by atoms with Gasteiger partial charge in [-0.3, -0.25) is 0 Å². The summed E-state index contributed by atoms with van der Waals surface area (Å²) >= 11 is 0. The molecule has 0 heterocycles. The lowest BCUT2D eigenvalue weighted by Crippen LogP contribution is -1.91. The summed E-state index contributed by atoms with van der Waals surface area (Å²) in [6, 6.07) is 9.69. The molecule has 0 amide bonds. The fourth-order valence-electron chi connectivity index (χ4n) is 0.881. The van der Waals surface area contributed by atoms with Crippen LogP contribution in [0, 0.1) is 5.41 Å². The normalized spacial score (nSPS) is 10.3. The largest absolute Gasteiger partial charge is 0.300 e. The summed E-state index contributed by atoms with van der Waals surface area (Å²) in [5.41, 5.74) is 1.53. The molecular weight excluding hydrogens is 134 g/mol. The predicted octanol–water partition coefficient (Wildman–Crippen LogP) is 2.63. The summed E-state index contributed by atoms with van der Waals surface area (Å²) in [7, 11) is 0. The third kappa shape index (κ3) is 2.04. The van der Waals surface area contributed by atoms with Crippen molar-refractivity contribution in [2.75, 3.05) is 0 Å². The molecule has 0 radical (unpaired) electrons. The van der Waals surface area contributed by atoms with Crippen molar-refractivity contribution in [2.45, 2.75) is 6.92 Å². The number of hydrogen-bond acceptors (Lipinski definition) is 1. The third-order valence-corrected chi connectivity index (χ3v) is 1.42. The van der Waals surface area contributed by atoms with Gasteiger partial charge < -0.3 is 5.41 Å². The second-order valence-electron chi connectivity index (χ2n) is 2.28. The smallest absolute Gasteiger partial charge is 0.0608 e. The Morgan fingerprint density at radius 2 is 1.91 bits per heavy atom. The van der Waals surface area contributed by atoms with Crippen molar-refractivity contribution in [2.24, 2.45) is 0 Å². The lowest BCUT2D eigenvalue weighted by atomic mass is 10.1. The van der Waals surface area contributed by atoms with Gasteiger partial charge in [-0.25, -0.2) is 0 Å². The van der Waals surface area contributed by atoms with Gasteiger partial charge in [-0.05, 0) is 18.6 Å². The molecule has 1 heteroatoms. The number of allylic oxidation sites excluding steroid dienone is 2. The van der Waals surface area contributed by atoms with Gasteiger partial charge in [0.05, 0.1) is 5.71 Å². The average molecular weight is 145 g/mol. The molecule has 11 heavy (non-hydrogen) atoms. The Morgan fingerprint density at radius 1 is 1.27 bits per heavy atom. The Kier molecular flexibility index (Phi) is 2.61. The van der Waals surface area contributed by atoms with Crippen LogP contribution in [-0.2, 0) is 0 Å². The molecule has 1 rings (SSSR count). The van der Waals surface area contributed by atoms with Gasteiger partial charge in [0.25, 0.3) is 0 Å². The predicted molar refractivity (Wildman–Crippen MR) is 48.1 cm³/mol. The van der Waals surface area contributed by atoms with Crippen molar-refractivity contribution in [1.29, 1.82) is 5.41 Å². The van der Waals surface area contributed by atoms with E-state index in [2.05, 4.69) is 0 Å². The SMILES string of the molecule is C/C=C/C(=N)c1ccccc1. The maximum atomic E-state index is 7.54. The van der Waals surface area contributed by atoms with Gasteiger partial charge in [-0.1, -0.05) is 36.4 Å². The van der Waals surface area contributed by atoms with Crippen molar-refractivity contribution in [1.82, 2.24) is 0 Å². The molecule has 1 N–H and O–H groups in total. The van der Waals surface area contributed by atoms with Gasteiger partial charge >= 0.3 is 0 Å². The zero-order valence-electron chi connectivity index (χ0n) is 6.54. The van der Waals surface area contributed by atoms with Gasteiger partial charge in [0.1, 0.15) is 0 Å². The first-order chi connectivity index (χ1) is 5.34. The molecule has 1 nitrogen and oxygen atoms in total. The molecular formula is C10H11N. The first-order valence-corrected chi connectivity index (χ1v) is 3.61. The monoisotopic (exact) mass is 145 g/mol. The highest BCUT2D eigenvalue weighted by Gasteiger charge is 1.92. The van der Waals surface area contributed by atoms with E-state index in [1.54, 1.807) is 6.08 Å². The van der Waals surface area contributed by atoms with Crippen molar-refractivity contribution in [3.05, 3.63) is 48.0 Å². The maximum absolute atomic E-state index is 7.54. The topological polar surface area (TPSA) is 23.9 Å². The van der Waals surface area contributed by atoms with E-state index < -0.39 is 0 Å². The molecule has 0 bridgehead atoms. The number of rotatable bonds is 2. The number of benzene rings is 1. The van der Waals surface area contributed by atoms with Crippen molar-refractivity contribution in [3.63, 3.8) is 0 Å². The van der Waals surface area contributed by atoms with Crippen LogP contribution in [-0.4, -0.2) is 5.71 Å². The third-order valence-electron chi connectivity index (χ3n) is 1.42. The van der Waals surface area contributed by atoms with E-state index in [9.17, 15) is 0 Å². The molecule has 0 aromatic heterocycles. The Morgan fingerprint density at radius 3 is 2.45 bits per heavy atom. The standard InChI is InChI=1S/C10H11N/c1-2-6-10(11)9-7-4-3-5-8-9/h2-8,11H,1H3/b6-2+,11-10?. The highest BCUT2D eigenvalue weighted by atomic mass is 14.4. The van der Waals surface area contributed by atoms with Crippen LogP contribution in [0.3, 0.4) is 0 Å². The van der Waals surface area contributed by atoms with E-state index in [1.165, 1.54) is 0 Å². The second-order valence-corrected chi connectivity index (χ2v) is 2.28. The summed E-state index contributed by atoms with van der Waals surface area (Å²) in [4.78, 5) is 0. The van der Waals surface area contributed by atoms with Gasteiger partial charge in [0, 0.05) is 0 Å². The first-order valence-electron chi connectivity index (χ1n) is 3.61. The second kappa shape index (κ2) is 3.71. The van der Waals surface area contributed by atoms with Gasteiger partial charge in [-0.2, -0.15) is 0 Å². The van der Waals surface area contributed by atoms with Crippen LogP contribution < -0.4 is 0 Å². The van der Waals surface area contributed by atoms with Crippen LogP contribution in [0.1, 0.15) is 12.5 Å². The summed E-state index contributed by atoms with van der Waals surface area (Å²) in [6.45, 7) is 1.91. The van der Waals surface area contributed by atoms with E-state index in [4.69, 9.17) is 5.41 Å². The van der Waals surface area contributed by atoms with Crippen LogP contribution in [0.5, 0.6) is 0 Å². The van der Waals surface area contributed by atoms with Crippen molar-refractivity contribution < 1.29 is 0 Å². The minimum absolute atomic E-state index is 0.563. The van der Waals surface area contributed by atoms with Gasteiger partial charge in [0.2, 0.25) is 0 Å². The van der Waals surface area contributed by atoms with Crippen LogP contribution in [0.25, 0.3) is 0 Å².